The molecule has 3 rings (SSSR count). The number of hydrogen-bond donors (Lipinski definition) is 3. The summed E-state index contributed by atoms with van der Waals surface area (Å²) in [6, 6.07) is 3.77. The van der Waals surface area contributed by atoms with Crippen LogP contribution in [0.4, 0.5) is 8.78 Å². The number of piperidine rings is 1. The summed E-state index contributed by atoms with van der Waals surface area (Å²) in [4.78, 5) is 14.3. The molecule has 0 bridgehead atoms. The number of aliphatic hydroxyl groups excluding tert-OH is 1. The third-order valence-corrected chi connectivity index (χ3v) is 5.44. The second kappa shape index (κ2) is 7.98. The SMILES string of the molecule is O=C1N(Cc2ccc(F)c(F)c2)CCC[C@]1(O)CNC1CCC(O)CC1. The van der Waals surface area contributed by atoms with Crippen LogP contribution in [0.25, 0.3) is 0 Å². The lowest BCUT2D eigenvalue weighted by Crippen LogP contribution is -2.58. The molecule has 26 heavy (non-hydrogen) atoms. The molecular formula is C19H26F2N2O3. The molecule has 1 aromatic carbocycles. The fraction of sp³-hybridized carbons (Fsp3) is 0.632. The van der Waals surface area contributed by atoms with Crippen molar-refractivity contribution in [1.82, 2.24) is 10.2 Å². The van der Waals surface area contributed by atoms with Crippen LogP contribution in [0.5, 0.6) is 0 Å². The molecule has 1 aliphatic heterocycles. The van der Waals surface area contributed by atoms with Gasteiger partial charge in [-0.2, -0.15) is 0 Å². The Kier molecular flexibility index (Phi) is 5.89. The zero-order valence-electron chi connectivity index (χ0n) is 14.8. The van der Waals surface area contributed by atoms with Crippen LogP contribution in [0.2, 0.25) is 0 Å². The van der Waals surface area contributed by atoms with E-state index >= 15 is 0 Å². The van der Waals surface area contributed by atoms with Crippen LogP contribution in [0.1, 0.15) is 44.1 Å². The summed E-state index contributed by atoms with van der Waals surface area (Å²) in [5, 5.41) is 23.7. The molecule has 1 amide bonds. The standard InChI is InChI=1S/C19H26F2N2O3/c20-16-7-2-13(10-17(16)21)11-23-9-1-8-19(26,18(23)25)12-22-14-3-5-15(24)6-4-14/h2,7,10,14-15,22,24,26H,1,3-6,8-9,11-12H2/t14?,15?,19-/m0/s1. The third-order valence-electron chi connectivity index (χ3n) is 5.44. The van der Waals surface area contributed by atoms with Gasteiger partial charge in [0.15, 0.2) is 17.2 Å². The highest BCUT2D eigenvalue weighted by Crippen LogP contribution is 2.25. The largest absolute Gasteiger partial charge is 0.393 e. The topological polar surface area (TPSA) is 72.8 Å². The minimum atomic E-state index is -1.48. The van der Waals surface area contributed by atoms with E-state index in [1.807, 2.05) is 0 Å². The number of nitrogens with one attached hydrogen (secondary N) is 1. The van der Waals surface area contributed by atoms with Crippen LogP contribution in [0, 0.1) is 11.6 Å². The van der Waals surface area contributed by atoms with E-state index in [9.17, 15) is 23.8 Å². The van der Waals surface area contributed by atoms with Gasteiger partial charge < -0.3 is 20.4 Å². The number of benzene rings is 1. The molecular weight excluding hydrogens is 342 g/mol. The Hall–Kier alpha value is -1.57. The van der Waals surface area contributed by atoms with Crippen LogP contribution in [-0.2, 0) is 11.3 Å². The summed E-state index contributed by atoms with van der Waals surface area (Å²) in [7, 11) is 0. The van der Waals surface area contributed by atoms with Gasteiger partial charge in [0.25, 0.3) is 5.91 Å². The summed E-state index contributed by atoms with van der Waals surface area (Å²) >= 11 is 0. The summed E-state index contributed by atoms with van der Waals surface area (Å²) in [5.41, 5.74) is -0.983. The molecule has 1 heterocycles. The van der Waals surface area contributed by atoms with Gasteiger partial charge in [-0.15, -0.1) is 0 Å². The first-order valence-corrected chi connectivity index (χ1v) is 9.24. The zero-order valence-corrected chi connectivity index (χ0v) is 14.8. The number of rotatable bonds is 5. The van der Waals surface area contributed by atoms with Gasteiger partial charge in [-0.1, -0.05) is 6.07 Å². The minimum absolute atomic E-state index is 0.147. The van der Waals surface area contributed by atoms with Gasteiger partial charge in [-0.05, 0) is 56.2 Å². The Morgan fingerprint density at radius 3 is 2.62 bits per heavy atom. The molecule has 1 aliphatic carbocycles. The number of aliphatic hydroxyl groups is 2. The first-order valence-electron chi connectivity index (χ1n) is 9.24. The molecule has 1 saturated carbocycles. The molecule has 1 atom stereocenters. The van der Waals surface area contributed by atoms with Crippen molar-refractivity contribution in [3.05, 3.63) is 35.4 Å². The maximum Gasteiger partial charge on any atom is 0.256 e. The van der Waals surface area contributed by atoms with Crippen LogP contribution >= 0.6 is 0 Å². The van der Waals surface area contributed by atoms with Gasteiger partial charge in [-0.25, -0.2) is 8.78 Å². The van der Waals surface area contributed by atoms with E-state index in [1.54, 1.807) is 0 Å². The molecule has 0 aromatic heterocycles. The maximum absolute atomic E-state index is 13.4. The number of hydrogen-bond acceptors (Lipinski definition) is 4. The van der Waals surface area contributed by atoms with Crippen molar-refractivity contribution < 1.29 is 23.8 Å². The van der Waals surface area contributed by atoms with Crippen LogP contribution in [0.15, 0.2) is 18.2 Å². The second-order valence-corrected chi connectivity index (χ2v) is 7.50. The summed E-state index contributed by atoms with van der Waals surface area (Å²) in [6.07, 6.45) is 3.88. The summed E-state index contributed by atoms with van der Waals surface area (Å²) < 4.78 is 26.4. The lowest BCUT2D eigenvalue weighted by Gasteiger charge is -2.39. The normalized spacial score (nSPS) is 29.8. The first kappa shape index (κ1) is 19.2. The van der Waals surface area contributed by atoms with Crippen molar-refractivity contribution in [2.45, 2.75) is 62.8 Å². The van der Waals surface area contributed by atoms with E-state index < -0.39 is 17.2 Å². The van der Waals surface area contributed by atoms with Crippen molar-refractivity contribution in [1.29, 1.82) is 0 Å². The van der Waals surface area contributed by atoms with Crippen molar-refractivity contribution >= 4 is 5.91 Å². The Balaban J connectivity index is 1.59. The number of halogens is 2. The quantitative estimate of drug-likeness (QED) is 0.740. The zero-order chi connectivity index (χ0) is 18.7. The third kappa shape index (κ3) is 4.39. The molecule has 1 saturated heterocycles. The maximum atomic E-state index is 13.4. The molecule has 0 unspecified atom stereocenters. The number of nitrogens with zero attached hydrogens (tertiary/aromatic N) is 1. The fourth-order valence-corrected chi connectivity index (χ4v) is 3.83. The van der Waals surface area contributed by atoms with Crippen molar-refractivity contribution in [3.63, 3.8) is 0 Å². The summed E-state index contributed by atoms with van der Waals surface area (Å²) in [5.74, 6) is -2.24. The molecule has 144 valence electrons. The average Bonchev–Trinajstić information content (AvgIpc) is 2.62. The van der Waals surface area contributed by atoms with Gasteiger partial charge in [0.1, 0.15) is 0 Å². The molecule has 0 spiro atoms. The smallest absolute Gasteiger partial charge is 0.256 e. The first-order chi connectivity index (χ1) is 12.4. The van der Waals surface area contributed by atoms with E-state index in [0.29, 0.717) is 24.9 Å². The van der Waals surface area contributed by atoms with Crippen LogP contribution < -0.4 is 5.32 Å². The Labute approximate surface area is 152 Å². The molecule has 2 aliphatic rings. The lowest BCUT2D eigenvalue weighted by molar-refractivity contribution is -0.157. The van der Waals surface area contributed by atoms with Crippen molar-refractivity contribution in [2.75, 3.05) is 13.1 Å². The number of carbonyl (C=O) groups is 1. The molecule has 1 aromatic rings. The monoisotopic (exact) mass is 368 g/mol. The number of amides is 1. The average molecular weight is 368 g/mol. The van der Waals surface area contributed by atoms with Gasteiger partial charge >= 0.3 is 0 Å². The highest BCUT2D eigenvalue weighted by molar-refractivity contribution is 5.86. The van der Waals surface area contributed by atoms with E-state index in [-0.39, 0.29) is 31.1 Å². The predicted octanol–water partition coefficient (Wildman–Crippen LogP) is 1.71. The lowest BCUT2D eigenvalue weighted by atomic mass is 9.89. The van der Waals surface area contributed by atoms with E-state index in [0.717, 1.165) is 37.8 Å². The van der Waals surface area contributed by atoms with Gasteiger partial charge in [0.05, 0.1) is 6.10 Å². The van der Waals surface area contributed by atoms with E-state index in [2.05, 4.69) is 5.32 Å². The minimum Gasteiger partial charge on any atom is -0.393 e. The molecule has 7 heteroatoms. The number of likely N-dealkylation sites (tertiary alicyclic amines) is 1. The second-order valence-electron chi connectivity index (χ2n) is 7.50. The van der Waals surface area contributed by atoms with Crippen molar-refractivity contribution in [2.24, 2.45) is 0 Å². The van der Waals surface area contributed by atoms with Gasteiger partial charge in [0, 0.05) is 25.7 Å². The number of carbonyl (C=O) groups excluding carboxylic acids is 1. The summed E-state index contributed by atoms with van der Waals surface area (Å²) in [6.45, 7) is 0.796. The predicted molar refractivity (Wildman–Crippen MR) is 92.2 cm³/mol. The van der Waals surface area contributed by atoms with E-state index in [1.165, 1.54) is 11.0 Å². The molecule has 2 fully saturated rings. The van der Waals surface area contributed by atoms with Crippen LogP contribution in [-0.4, -0.2) is 51.9 Å². The molecule has 0 radical (unpaired) electrons. The Morgan fingerprint density at radius 1 is 1.19 bits per heavy atom. The highest BCUT2D eigenvalue weighted by Gasteiger charge is 2.42. The molecule has 5 nitrogen and oxygen atoms in total. The van der Waals surface area contributed by atoms with Crippen LogP contribution in [0.3, 0.4) is 0 Å². The Morgan fingerprint density at radius 2 is 1.92 bits per heavy atom. The fourth-order valence-electron chi connectivity index (χ4n) is 3.83. The van der Waals surface area contributed by atoms with Gasteiger partial charge in [0.2, 0.25) is 0 Å². The Bertz CT molecular complexity index is 650. The van der Waals surface area contributed by atoms with E-state index in [4.69, 9.17) is 0 Å². The molecule has 3 N–H and O–H groups in total. The van der Waals surface area contributed by atoms with Crippen molar-refractivity contribution in [3.8, 4) is 0 Å². The van der Waals surface area contributed by atoms with Gasteiger partial charge in [-0.3, -0.25) is 4.79 Å². The highest BCUT2D eigenvalue weighted by atomic mass is 19.2.